The van der Waals surface area contributed by atoms with Crippen LogP contribution in [0.15, 0.2) is 11.6 Å². The van der Waals surface area contributed by atoms with E-state index in [9.17, 15) is 5.11 Å². The number of hydrogen-bond donors (Lipinski definition) is 1. The second-order valence-corrected chi connectivity index (χ2v) is 4.74. The zero-order valence-corrected chi connectivity index (χ0v) is 10.2. The smallest absolute Gasteiger partial charge is 0.0750 e. The van der Waals surface area contributed by atoms with Crippen molar-refractivity contribution in [2.45, 2.75) is 77.2 Å². The van der Waals surface area contributed by atoms with E-state index in [0.29, 0.717) is 0 Å². The van der Waals surface area contributed by atoms with Gasteiger partial charge < -0.3 is 5.11 Å². The second-order valence-electron chi connectivity index (χ2n) is 4.74. The summed E-state index contributed by atoms with van der Waals surface area (Å²) in [6.45, 7) is 2.21. The van der Waals surface area contributed by atoms with Crippen LogP contribution in [0.2, 0.25) is 0 Å². The maximum Gasteiger partial charge on any atom is 0.0750 e. The van der Waals surface area contributed by atoms with Gasteiger partial charge in [-0.15, -0.1) is 0 Å². The van der Waals surface area contributed by atoms with Crippen LogP contribution in [-0.4, -0.2) is 11.2 Å². The molecule has 1 heteroatoms. The zero-order chi connectivity index (χ0) is 10.9. The lowest BCUT2D eigenvalue weighted by molar-refractivity contribution is 0.190. The van der Waals surface area contributed by atoms with Crippen molar-refractivity contribution in [1.29, 1.82) is 0 Å². The molecule has 0 aromatic carbocycles. The molecule has 0 spiro atoms. The molecular formula is C14H26O. The molecule has 1 nitrogen and oxygen atoms in total. The molecule has 1 N–H and O–H groups in total. The van der Waals surface area contributed by atoms with Gasteiger partial charge in [0, 0.05) is 0 Å². The zero-order valence-electron chi connectivity index (χ0n) is 10.2. The minimum atomic E-state index is -0.144. The van der Waals surface area contributed by atoms with Crippen LogP contribution >= 0.6 is 0 Å². The van der Waals surface area contributed by atoms with Crippen LogP contribution in [-0.2, 0) is 0 Å². The van der Waals surface area contributed by atoms with Crippen LogP contribution in [0.1, 0.15) is 71.1 Å². The highest BCUT2D eigenvalue weighted by Gasteiger charge is 2.11. The van der Waals surface area contributed by atoms with Gasteiger partial charge in [-0.05, 0) is 37.7 Å². The molecule has 1 atom stereocenters. The Morgan fingerprint density at radius 3 is 2.80 bits per heavy atom. The highest BCUT2D eigenvalue weighted by molar-refractivity contribution is 5.08. The fraction of sp³-hybridized carbons (Fsp3) is 0.857. The maximum absolute atomic E-state index is 10.0. The summed E-state index contributed by atoms with van der Waals surface area (Å²) in [5.74, 6) is 0. The van der Waals surface area contributed by atoms with Crippen molar-refractivity contribution in [1.82, 2.24) is 0 Å². The topological polar surface area (TPSA) is 20.2 Å². The molecule has 0 saturated heterocycles. The van der Waals surface area contributed by atoms with Crippen molar-refractivity contribution in [3.05, 3.63) is 11.6 Å². The number of hydrogen-bond acceptors (Lipinski definition) is 1. The maximum atomic E-state index is 10.0. The molecular weight excluding hydrogens is 184 g/mol. The number of rotatable bonds is 5. The van der Waals surface area contributed by atoms with Crippen molar-refractivity contribution in [2.24, 2.45) is 0 Å². The number of aliphatic hydroxyl groups is 1. The normalized spacial score (nSPS) is 20.3. The van der Waals surface area contributed by atoms with Gasteiger partial charge in [0.25, 0.3) is 0 Å². The molecule has 0 fully saturated rings. The van der Waals surface area contributed by atoms with Crippen molar-refractivity contribution in [3.63, 3.8) is 0 Å². The SMILES string of the molecule is CCCCCC(O)C1=CCCCCCC1. The minimum Gasteiger partial charge on any atom is -0.389 e. The van der Waals surface area contributed by atoms with Crippen LogP contribution in [0.25, 0.3) is 0 Å². The molecule has 0 saturated carbocycles. The van der Waals surface area contributed by atoms with Gasteiger partial charge in [0.05, 0.1) is 6.10 Å². The third-order valence-electron chi connectivity index (χ3n) is 3.34. The first-order valence-electron chi connectivity index (χ1n) is 6.71. The van der Waals surface area contributed by atoms with E-state index in [2.05, 4.69) is 13.0 Å². The Morgan fingerprint density at radius 2 is 2.00 bits per heavy atom. The summed E-state index contributed by atoms with van der Waals surface area (Å²) in [4.78, 5) is 0. The Morgan fingerprint density at radius 1 is 1.20 bits per heavy atom. The molecule has 1 aliphatic carbocycles. The fourth-order valence-corrected chi connectivity index (χ4v) is 2.29. The van der Waals surface area contributed by atoms with E-state index in [0.717, 1.165) is 12.8 Å². The second kappa shape index (κ2) is 7.92. The Balaban J connectivity index is 2.30. The lowest BCUT2D eigenvalue weighted by Crippen LogP contribution is -2.11. The summed E-state index contributed by atoms with van der Waals surface area (Å²) in [6.07, 6.45) is 14.4. The largest absolute Gasteiger partial charge is 0.389 e. The molecule has 0 aromatic rings. The Labute approximate surface area is 94.6 Å². The minimum absolute atomic E-state index is 0.144. The van der Waals surface area contributed by atoms with E-state index in [1.807, 2.05) is 0 Å². The van der Waals surface area contributed by atoms with Gasteiger partial charge >= 0.3 is 0 Å². The first-order valence-corrected chi connectivity index (χ1v) is 6.71. The van der Waals surface area contributed by atoms with Gasteiger partial charge in [0.1, 0.15) is 0 Å². The highest BCUT2D eigenvalue weighted by Crippen LogP contribution is 2.22. The van der Waals surface area contributed by atoms with Gasteiger partial charge in [-0.1, -0.05) is 45.1 Å². The Hall–Kier alpha value is -0.300. The van der Waals surface area contributed by atoms with Crippen molar-refractivity contribution >= 4 is 0 Å². The number of aliphatic hydroxyl groups excluding tert-OH is 1. The van der Waals surface area contributed by atoms with E-state index < -0.39 is 0 Å². The van der Waals surface area contributed by atoms with E-state index in [4.69, 9.17) is 0 Å². The first-order chi connectivity index (χ1) is 7.34. The van der Waals surface area contributed by atoms with Crippen molar-refractivity contribution in [2.75, 3.05) is 0 Å². The van der Waals surface area contributed by atoms with Crippen LogP contribution in [0.4, 0.5) is 0 Å². The van der Waals surface area contributed by atoms with E-state index in [1.165, 1.54) is 56.9 Å². The number of unbranched alkanes of at least 4 members (excludes halogenated alkanes) is 2. The first kappa shape index (κ1) is 12.8. The Kier molecular flexibility index (Phi) is 6.74. The van der Waals surface area contributed by atoms with Gasteiger partial charge in [-0.25, -0.2) is 0 Å². The number of allylic oxidation sites excluding steroid dienone is 1. The Bertz CT molecular complexity index is 184. The fourth-order valence-electron chi connectivity index (χ4n) is 2.29. The van der Waals surface area contributed by atoms with Gasteiger partial charge in [-0.3, -0.25) is 0 Å². The summed E-state index contributed by atoms with van der Waals surface area (Å²) < 4.78 is 0. The predicted octanol–water partition coefficient (Wildman–Crippen LogP) is 4.21. The monoisotopic (exact) mass is 210 g/mol. The molecule has 15 heavy (non-hydrogen) atoms. The van der Waals surface area contributed by atoms with E-state index >= 15 is 0 Å². The molecule has 0 radical (unpaired) electrons. The van der Waals surface area contributed by atoms with E-state index in [-0.39, 0.29) is 6.10 Å². The summed E-state index contributed by atoms with van der Waals surface area (Å²) in [7, 11) is 0. The predicted molar refractivity (Wildman–Crippen MR) is 65.9 cm³/mol. The third-order valence-corrected chi connectivity index (χ3v) is 3.34. The molecule has 0 aliphatic heterocycles. The standard InChI is InChI=1S/C14H26O/c1-2-3-7-12-14(15)13-10-8-5-4-6-9-11-13/h10,14-15H,2-9,11-12H2,1H3. The highest BCUT2D eigenvalue weighted by atomic mass is 16.3. The lowest BCUT2D eigenvalue weighted by Gasteiger charge is -2.17. The molecule has 0 amide bonds. The average Bonchev–Trinajstić information content (AvgIpc) is 2.17. The van der Waals surface area contributed by atoms with Gasteiger partial charge in [-0.2, -0.15) is 0 Å². The van der Waals surface area contributed by atoms with Crippen LogP contribution in [0.3, 0.4) is 0 Å². The third kappa shape index (κ3) is 5.36. The molecule has 1 rings (SSSR count). The van der Waals surface area contributed by atoms with Gasteiger partial charge in [0.2, 0.25) is 0 Å². The van der Waals surface area contributed by atoms with Crippen LogP contribution in [0.5, 0.6) is 0 Å². The van der Waals surface area contributed by atoms with Crippen molar-refractivity contribution in [3.8, 4) is 0 Å². The summed E-state index contributed by atoms with van der Waals surface area (Å²) in [6, 6.07) is 0. The van der Waals surface area contributed by atoms with Crippen LogP contribution < -0.4 is 0 Å². The summed E-state index contributed by atoms with van der Waals surface area (Å²) >= 11 is 0. The lowest BCUT2D eigenvalue weighted by atomic mass is 9.94. The molecule has 0 bridgehead atoms. The summed E-state index contributed by atoms with van der Waals surface area (Å²) in [5.41, 5.74) is 1.32. The molecule has 1 unspecified atom stereocenters. The molecule has 0 heterocycles. The average molecular weight is 210 g/mol. The molecule has 1 aliphatic rings. The van der Waals surface area contributed by atoms with Crippen molar-refractivity contribution < 1.29 is 5.11 Å². The van der Waals surface area contributed by atoms with Gasteiger partial charge in [0.15, 0.2) is 0 Å². The summed E-state index contributed by atoms with van der Waals surface area (Å²) in [5, 5.41) is 10.0. The van der Waals surface area contributed by atoms with E-state index in [1.54, 1.807) is 0 Å². The quantitative estimate of drug-likeness (QED) is 0.532. The molecule has 88 valence electrons. The molecule has 0 aromatic heterocycles. The van der Waals surface area contributed by atoms with Crippen LogP contribution in [0, 0.1) is 0 Å².